The number of nitrogens with zero attached hydrogens (tertiary/aromatic N) is 5. The molecule has 1 aromatic heterocycles. The van der Waals surface area contributed by atoms with E-state index in [1.54, 1.807) is 13.3 Å². The summed E-state index contributed by atoms with van der Waals surface area (Å²) in [7, 11) is 1.64. The van der Waals surface area contributed by atoms with Crippen LogP contribution < -0.4 is 15.0 Å². The predicted molar refractivity (Wildman–Crippen MR) is 144 cm³/mol. The maximum absolute atomic E-state index is 13.2. The third kappa shape index (κ3) is 5.05. The first-order valence-corrected chi connectivity index (χ1v) is 12.9. The zero-order chi connectivity index (χ0) is 25.1. The Labute approximate surface area is 221 Å². The van der Waals surface area contributed by atoms with E-state index >= 15 is 0 Å². The molecule has 1 amide bonds. The molecule has 0 unspecified atom stereocenters. The molecule has 5 rings (SSSR count). The molecule has 0 aliphatic carbocycles. The molecule has 11 heteroatoms. The molecule has 0 saturated carbocycles. The van der Waals surface area contributed by atoms with Crippen LogP contribution in [-0.4, -0.2) is 83.5 Å². The van der Waals surface area contributed by atoms with Crippen LogP contribution >= 0.6 is 23.8 Å². The molecular weight excluding hydrogens is 500 g/mol. The number of oxime groups is 1. The van der Waals surface area contributed by atoms with Crippen molar-refractivity contribution in [2.24, 2.45) is 5.16 Å². The average Bonchev–Trinajstić information content (AvgIpc) is 3.32. The molecule has 1 N–H and O–H groups in total. The molecule has 2 saturated heterocycles. The summed E-state index contributed by atoms with van der Waals surface area (Å²) in [5.41, 5.74) is 0.900. The SMILES string of the molecule is COc1ccccc1NC(=S)N1CCC2(CC1)CC(C(=O)N1CCN(c3ncccc3Cl)CC1)=NO2. The molecule has 3 aliphatic rings. The third-order valence-corrected chi connectivity index (χ3v) is 7.66. The second-order valence-corrected chi connectivity index (χ2v) is 9.99. The van der Waals surface area contributed by atoms with Gasteiger partial charge in [-0.3, -0.25) is 4.79 Å². The smallest absolute Gasteiger partial charge is 0.271 e. The summed E-state index contributed by atoms with van der Waals surface area (Å²) < 4.78 is 5.40. The van der Waals surface area contributed by atoms with Gasteiger partial charge in [-0.2, -0.15) is 0 Å². The van der Waals surface area contributed by atoms with Gasteiger partial charge in [0.1, 0.15) is 22.9 Å². The van der Waals surface area contributed by atoms with Gasteiger partial charge in [0, 0.05) is 64.7 Å². The minimum atomic E-state index is -0.440. The number of piperidine rings is 1. The van der Waals surface area contributed by atoms with Crippen molar-refractivity contribution >= 4 is 52.1 Å². The van der Waals surface area contributed by atoms with Crippen LogP contribution in [0, 0.1) is 0 Å². The lowest BCUT2D eigenvalue weighted by Crippen LogP contribution is -2.52. The lowest BCUT2D eigenvalue weighted by Gasteiger charge is -2.38. The Morgan fingerprint density at radius 1 is 1.08 bits per heavy atom. The predicted octanol–water partition coefficient (Wildman–Crippen LogP) is 3.40. The van der Waals surface area contributed by atoms with Crippen LogP contribution in [0.5, 0.6) is 5.75 Å². The van der Waals surface area contributed by atoms with Gasteiger partial charge in [-0.1, -0.05) is 28.9 Å². The molecule has 2 fully saturated rings. The Bertz CT molecular complexity index is 1160. The Balaban J connectivity index is 1.11. The summed E-state index contributed by atoms with van der Waals surface area (Å²) in [5, 5.41) is 8.79. The van der Waals surface area contributed by atoms with E-state index in [1.807, 2.05) is 41.3 Å². The van der Waals surface area contributed by atoms with Crippen LogP contribution in [0.2, 0.25) is 5.02 Å². The number of hydrogen-bond acceptors (Lipinski definition) is 7. The fourth-order valence-electron chi connectivity index (χ4n) is 4.88. The van der Waals surface area contributed by atoms with Gasteiger partial charge in [0.25, 0.3) is 5.91 Å². The van der Waals surface area contributed by atoms with E-state index in [0.29, 0.717) is 48.4 Å². The van der Waals surface area contributed by atoms with Gasteiger partial charge < -0.3 is 29.6 Å². The lowest BCUT2D eigenvalue weighted by atomic mass is 9.86. The first-order chi connectivity index (χ1) is 17.5. The molecular formula is C25H29ClN6O3S. The number of aromatic nitrogens is 1. The van der Waals surface area contributed by atoms with E-state index in [0.717, 1.165) is 43.2 Å². The number of methoxy groups -OCH3 is 1. The minimum Gasteiger partial charge on any atom is -0.495 e. The largest absolute Gasteiger partial charge is 0.495 e. The van der Waals surface area contributed by atoms with Crippen LogP contribution in [0.1, 0.15) is 19.3 Å². The van der Waals surface area contributed by atoms with Crippen molar-refractivity contribution in [3.8, 4) is 5.75 Å². The second-order valence-electron chi connectivity index (χ2n) is 9.19. The summed E-state index contributed by atoms with van der Waals surface area (Å²) in [4.78, 5) is 29.5. The van der Waals surface area contributed by atoms with E-state index < -0.39 is 5.60 Å². The highest BCUT2D eigenvalue weighted by Gasteiger charge is 2.45. The van der Waals surface area contributed by atoms with Crippen molar-refractivity contribution in [2.45, 2.75) is 24.9 Å². The molecule has 190 valence electrons. The first kappa shape index (κ1) is 24.6. The fraction of sp³-hybridized carbons (Fsp3) is 0.440. The van der Waals surface area contributed by atoms with Crippen molar-refractivity contribution in [3.05, 3.63) is 47.6 Å². The lowest BCUT2D eigenvalue weighted by molar-refractivity contribution is -0.124. The topological polar surface area (TPSA) is 82.5 Å². The number of anilines is 2. The van der Waals surface area contributed by atoms with Crippen LogP contribution in [0.4, 0.5) is 11.5 Å². The maximum Gasteiger partial charge on any atom is 0.271 e. The van der Waals surface area contributed by atoms with Crippen molar-refractivity contribution in [3.63, 3.8) is 0 Å². The van der Waals surface area contributed by atoms with Gasteiger partial charge in [-0.05, 0) is 36.5 Å². The number of carbonyl (C=O) groups excluding carboxylic acids is 1. The number of amides is 1. The molecule has 1 aromatic carbocycles. The van der Waals surface area contributed by atoms with Crippen LogP contribution in [0.25, 0.3) is 0 Å². The van der Waals surface area contributed by atoms with E-state index in [-0.39, 0.29) is 5.91 Å². The van der Waals surface area contributed by atoms with Gasteiger partial charge >= 0.3 is 0 Å². The second kappa shape index (κ2) is 10.5. The van der Waals surface area contributed by atoms with Crippen molar-refractivity contribution < 1.29 is 14.4 Å². The molecule has 3 aliphatic heterocycles. The molecule has 36 heavy (non-hydrogen) atoms. The van der Waals surface area contributed by atoms with E-state index in [4.69, 9.17) is 33.4 Å². The van der Waals surface area contributed by atoms with Gasteiger partial charge in [0.15, 0.2) is 5.11 Å². The number of ether oxygens (including phenoxy) is 1. The standard InChI is InChI=1S/C25H29ClN6O3S/c1-34-21-7-3-2-6-19(21)28-24(36)32-11-8-25(9-12-32)17-20(29-35-25)23(33)31-15-13-30(14-16-31)22-18(26)5-4-10-27-22/h2-7,10H,8-9,11-17H2,1H3,(H,28,36). The fourth-order valence-corrected chi connectivity index (χ4v) is 5.41. The summed E-state index contributed by atoms with van der Waals surface area (Å²) in [5.74, 6) is 1.46. The van der Waals surface area contributed by atoms with E-state index in [9.17, 15) is 4.79 Å². The Kier molecular flexibility index (Phi) is 7.15. The Hall–Kier alpha value is -3.11. The average molecular weight is 529 g/mol. The van der Waals surface area contributed by atoms with Crippen LogP contribution in [-0.2, 0) is 9.63 Å². The number of carbonyl (C=O) groups is 1. The highest BCUT2D eigenvalue weighted by molar-refractivity contribution is 7.80. The number of para-hydroxylation sites is 2. The zero-order valence-electron chi connectivity index (χ0n) is 20.2. The zero-order valence-corrected chi connectivity index (χ0v) is 21.7. The van der Waals surface area contributed by atoms with Crippen molar-refractivity contribution in [2.75, 3.05) is 56.6 Å². The van der Waals surface area contributed by atoms with Gasteiger partial charge in [-0.25, -0.2) is 4.98 Å². The monoisotopic (exact) mass is 528 g/mol. The van der Waals surface area contributed by atoms with E-state index in [1.165, 1.54) is 0 Å². The number of halogens is 1. The third-order valence-electron chi connectivity index (χ3n) is 7.00. The molecule has 4 heterocycles. The minimum absolute atomic E-state index is 0.0468. The summed E-state index contributed by atoms with van der Waals surface area (Å²) in [6.45, 7) is 3.98. The van der Waals surface area contributed by atoms with Gasteiger partial charge in [0.2, 0.25) is 0 Å². The number of thiocarbonyl (C=S) groups is 1. The number of nitrogens with one attached hydrogen (secondary N) is 1. The molecule has 0 radical (unpaired) electrons. The summed E-state index contributed by atoms with van der Waals surface area (Å²) in [6.07, 6.45) is 3.74. The van der Waals surface area contributed by atoms with Crippen molar-refractivity contribution in [1.82, 2.24) is 14.8 Å². The van der Waals surface area contributed by atoms with Crippen LogP contribution in [0.15, 0.2) is 47.8 Å². The van der Waals surface area contributed by atoms with Gasteiger partial charge in [-0.15, -0.1) is 0 Å². The molecule has 0 atom stereocenters. The quantitative estimate of drug-likeness (QED) is 0.605. The summed E-state index contributed by atoms with van der Waals surface area (Å²) in [6, 6.07) is 11.3. The summed E-state index contributed by atoms with van der Waals surface area (Å²) >= 11 is 11.9. The molecule has 1 spiro atoms. The number of pyridine rings is 1. The van der Waals surface area contributed by atoms with E-state index in [2.05, 4.69) is 25.3 Å². The number of hydrogen-bond donors (Lipinski definition) is 1. The Morgan fingerprint density at radius 3 is 2.56 bits per heavy atom. The number of benzene rings is 1. The van der Waals surface area contributed by atoms with Gasteiger partial charge in [0.05, 0.1) is 17.8 Å². The van der Waals surface area contributed by atoms with Crippen molar-refractivity contribution in [1.29, 1.82) is 0 Å². The normalized spacial score (nSPS) is 19.1. The highest BCUT2D eigenvalue weighted by atomic mass is 35.5. The number of rotatable bonds is 4. The molecule has 9 nitrogen and oxygen atoms in total. The maximum atomic E-state index is 13.2. The number of piperazine rings is 1. The first-order valence-electron chi connectivity index (χ1n) is 12.1. The van der Waals surface area contributed by atoms with Crippen LogP contribution in [0.3, 0.4) is 0 Å². The Morgan fingerprint density at radius 2 is 1.83 bits per heavy atom. The highest BCUT2D eigenvalue weighted by Crippen LogP contribution is 2.36. The number of likely N-dealkylation sites (tertiary alicyclic amines) is 1. The molecule has 0 bridgehead atoms. The molecule has 2 aromatic rings.